The molecule has 0 unspecified atom stereocenters. The second-order valence-electron chi connectivity index (χ2n) is 4.04. The first kappa shape index (κ1) is 17.8. The van der Waals surface area contributed by atoms with E-state index in [0.29, 0.717) is 4.47 Å². The first-order valence-electron chi connectivity index (χ1n) is 5.92. The number of halogens is 3. The average molecular weight is 373 g/mol. The fraction of sp³-hybridized carbons (Fsp3) is 0.0769. The van der Waals surface area contributed by atoms with E-state index in [1.807, 2.05) is 0 Å². The lowest BCUT2D eigenvalue weighted by Gasteiger charge is -2.22. The van der Waals surface area contributed by atoms with E-state index >= 15 is 0 Å². The summed E-state index contributed by atoms with van der Waals surface area (Å²) < 4.78 is 27.7. The number of anilines is 1. The molecule has 0 radical (unpaired) electrons. The van der Waals surface area contributed by atoms with Crippen molar-refractivity contribution in [1.29, 1.82) is 0 Å². The van der Waals surface area contributed by atoms with Gasteiger partial charge in [0.15, 0.2) is 11.7 Å². The molecular formula is C13H15BrF2N6. The predicted molar refractivity (Wildman–Crippen MR) is 86.3 cm³/mol. The van der Waals surface area contributed by atoms with Crippen molar-refractivity contribution in [2.75, 3.05) is 5.73 Å². The van der Waals surface area contributed by atoms with E-state index in [2.05, 4.69) is 32.6 Å². The number of amidine groups is 1. The van der Waals surface area contributed by atoms with Gasteiger partial charge in [-0.15, -0.1) is 0 Å². The third-order valence-corrected chi connectivity index (χ3v) is 2.97. The molecule has 0 spiro atoms. The molecule has 1 heterocycles. The quantitative estimate of drug-likeness (QED) is 0.247. The normalized spacial score (nSPS) is 13.7. The van der Waals surface area contributed by atoms with E-state index < -0.39 is 11.7 Å². The summed E-state index contributed by atoms with van der Waals surface area (Å²) in [6.07, 6.45) is 3.88. The Morgan fingerprint density at radius 1 is 1.50 bits per heavy atom. The monoisotopic (exact) mass is 372 g/mol. The smallest absolute Gasteiger partial charge is 0.179 e. The molecule has 0 amide bonds. The van der Waals surface area contributed by atoms with E-state index in [-0.39, 0.29) is 22.9 Å². The molecule has 0 aliphatic carbocycles. The van der Waals surface area contributed by atoms with E-state index in [1.165, 1.54) is 18.3 Å². The first-order chi connectivity index (χ1) is 10.3. The van der Waals surface area contributed by atoms with Gasteiger partial charge in [0.05, 0.1) is 11.3 Å². The topological polar surface area (TPSA) is 107 Å². The number of nitrogen functional groups attached to an aromatic ring is 1. The number of allylic oxidation sites excluding steroid dienone is 4. The van der Waals surface area contributed by atoms with Crippen LogP contribution in [-0.2, 0) is 0 Å². The summed E-state index contributed by atoms with van der Waals surface area (Å²) in [6.45, 7) is 4.38. The maximum atomic E-state index is 13.9. The Hall–Kier alpha value is -2.26. The lowest BCUT2D eigenvalue weighted by atomic mass is 10.2. The third kappa shape index (κ3) is 3.89. The summed E-state index contributed by atoms with van der Waals surface area (Å²) in [4.78, 5) is 3.91. The van der Waals surface area contributed by atoms with Crippen LogP contribution in [0.1, 0.15) is 12.5 Å². The molecule has 6 nitrogen and oxygen atoms in total. The van der Waals surface area contributed by atoms with Gasteiger partial charge >= 0.3 is 0 Å². The average Bonchev–Trinajstić information content (AvgIpc) is 2.48. The van der Waals surface area contributed by atoms with E-state index in [9.17, 15) is 8.78 Å². The second-order valence-corrected chi connectivity index (χ2v) is 4.96. The molecule has 0 fully saturated rings. The number of nitrogens with zero attached hydrogens (tertiary/aromatic N) is 3. The van der Waals surface area contributed by atoms with Gasteiger partial charge in [-0.2, -0.15) is 5.10 Å². The van der Waals surface area contributed by atoms with E-state index in [1.54, 1.807) is 6.07 Å². The number of hydrazone groups is 1. The molecule has 0 saturated heterocycles. The molecule has 1 rings (SSSR count). The van der Waals surface area contributed by atoms with Gasteiger partial charge in [-0.05, 0) is 35.0 Å². The summed E-state index contributed by atoms with van der Waals surface area (Å²) in [7, 11) is 0. The highest BCUT2D eigenvalue weighted by atomic mass is 79.9. The van der Waals surface area contributed by atoms with Crippen LogP contribution in [0.5, 0.6) is 0 Å². The van der Waals surface area contributed by atoms with Gasteiger partial charge < -0.3 is 11.6 Å². The van der Waals surface area contributed by atoms with Crippen LogP contribution in [0.4, 0.5) is 14.6 Å². The molecule has 0 bridgehead atoms. The number of hydrogen-bond acceptors (Lipinski definition) is 5. The minimum absolute atomic E-state index is 0.0714. The largest absolute Gasteiger partial charge is 0.383 e. The third-order valence-electron chi connectivity index (χ3n) is 2.54. The molecule has 0 saturated carbocycles. The van der Waals surface area contributed by atoms with Gasteiger partial charge in [-0.3, -0.25) is 5.01 Å². The number of aromatic nitrogens is 1. The molecular weight excluding hydrogens is 358 g/mol. The predicted octanol–water partition coefficient (Wildman–Crippen LogP) is 2.46. The number of hydrazine groups is 1. The number of hydrogen-bond donors (Lipinski definition) is 3. The number of pyridine rings is 1. The van der Waals surface area contributed by atoms with Crippen molar-refractivity contribution >= 4 is 27.6 Å². The molecule has 9 heteroatoms. The zero-order valence-electron chi connectivity index (χ0n) is 11.7. The fourth-order valence-corrected chi connectivity index (χ4v) is 1.88. The second kappa shape index (κ2) is 7.66. The van der Waals surface area contributed by atoms with Gasteiger partial charge in [0.25, 0.3) is 0 Å². The lowest BCUT2D eigenvalue weighted by molar-refractivity contribution is 0.470. The Morgan fingerprint density at radius 2 is 2.14 bits per heavy atom. The standard InChI is InChI=1S/C13H15BrF2N6/c1-3-4-10(11(16)7(2)15)22(19)13(21-18)9-5-8(14)6-20-12(9)17/h3-6H,1,18-19H2,2H3,(H2,17,20)/b10-4+,11-7-,21-13-. The van der Waals surface area contributed by atoms with Crippen molar-refractivity contribution < 1.29 is 8.78 Å². The Morgan fingerprint density at radius 3 is 2.64 bits per heavy atom. The first-order valence-corrected chi connectivity index (χ1v) is 6.71. The van der Waals surface area contributed by atoms with Crippen LogP contribution in [0.15, 0.2) is 57.9 Å². The highest BCUT2D eigenvalue weighted by Crippen LogP contribution is 2.23. The van der Waals surface area contributed by atoms with Crippen LogP contribution >= 0.6 is 15.9 Å². The van der Waals surface area contributed by atoms with Crippen LogP contribution < -0.4 is 17.4 Å². The molecule has 0 aromatic carbocycles. The maximum absolute atomic E-state index is 13.9. The van der Waals surface area contributed by atoms with Crippen LogP contribution in [0, 0.1) is 0 Å². The molecule has 22 heavy (non-hydrogen) atoms. The van der Waals surface area contributed by atoms with Crippen LogP contribution in [0.3, 0.4) is 0 Å². The van der Waals surface area contributed by atoms with Crippen molar-refractivity contribution in [3.05, 3.63) is 58.4 Å². The Labute approximate surface area is 134 Å². The Kier molecular flexibility index (Phi) is 6.20. The van der Waals surface area contributed by atoms with Crippen LogP contribution in [0.25, 0.3) is 0 Å². The van der Waals surface area contributed by atoms with Gasteiger partial charge in [-0.1, -0.05) is 12.7 Å². The summed E-state index contributed by atoms with van der Waals surface area (Å²) in [5, 5.41) is 4.26. The number of rotatable bonds is 4. The van der Waals surface area contributed by atoms with Crippen molar-refractivity contribution in [3.63, 3.8) is 0 Å². The molecule has 0 aliphatic heterocycles. The van der Waals surface area contributed by atoms with Crippen molar-refractivity contribution in [2.24, 2.45) is 16.8 Å². The summed E-state index contributed by atoms with van der Waals surface area (Å²) in [6, 6.07) is 1.54. The highest BCUT2D eigenvalue weighted by Gasteiger charge is 2.22. The summed E-state index contributed by atoms with van der Waals surface area (Å²) in [5.41, 5.74) is 5.67. The summed E-state index contributed by atoms with van der Waals surface area (Å²) >= 11 is 3.22. The maximum Gasteiger partial charge on any atom is 0.179 e. The Bertz CT molecular complexity index is 664. The summed E-state index contributed by atoms with van der Waals surface area (Å²) in [5.74, 6) is 8.87. The Balaban J connectivity index is 3.41. The fourth-order valence-electron chi connectivity index (χ4n) is 1.55. The molecule has 0 atom stereocenters. The van der Waals surface area contributed by atoms with Crippen LogP contribution in [-0.4, -0.2) is 15.8 Å². The molecule has 118 valence electrons. The van der Waals surface area contributed by atoms with E-state index in [0.717, 1.165) is 11.9 Å². The SMILES string of the molecule is C=C/C=C(\C(F)=C(/C)F)N(N)/C(=N\N)c1cc(Br)cnc1N. The van der Waals surface area contributed by atoms with Crippen LogP contribution in [0.2, 0.25) is 0 Å². The minimum Gasteiger partial charge on any atom is -0.383 e. The molecule has 1 aromatic heterocycles. The zero-order valence-corrected chi connectivity index (χ0v) is 13.3. The zero-order chi connectivity index (χ0) is 16.9. The molecule has 0 aliphatic rings. The number of nitrogens with two attached hydrogens (primary N) is 3. The van der Waals surface area contributed by atoms with Gasteiger partial charge in [0, 0.05) is 10.7 Å². The van der Waals surface area contributed by atoms with Gasteiger partial charge in [0.1, 0.15) is 11.6 Å². The minimum atomic E-state index is -1.18. The van der Waals surface area contributed by atoms with Crippen molar-refractivity contribution in [2.45, 2.75) is 6.92 Å². The highest BCUT2D eigenvalue weighted by molar-refractivity contribution is 9.10. The molecule has 6 N–H and O–H groups in total. The van der Waals surface area contributed by atoms with Gasteiger partial charge in [-0.25, -0.2) is 19.6 Å². The van der Waals surface area contributed by atoms with Crippen molar-refractivity contribution in [3.8, 4) is 0 Å². The molecule has 1 aromatic rings. The van der Waals surface area contributed by atoms with Gasteiger partial charge in [0.2, 0.25) is 0 Å². The van der Waals surface area contributed by atoms with E-state index in [4.69, 9.17) is 17.4 Å². The van der Waals surface area contributed by atoms with Crippen molar-refractivity contribution in [1.82, 2.24) is 9.99 Å². The lowest BCUT2D eigenvalue weighted by Crippen LogP contribution is -2.39.